The number of halogens is 1. The third-order valence-electron chi connectivity index (χ3n) is 4.40. The standard InChI is InChI=1S/C20H36N4.HI/c1-6-24(7-2)15-9-11-18(4)23-20(21-5)22-14-13-19-12-8-10-17(3)16-19;/h8,10,12,16,18H,6-7,9,11,13-15H2,1-5H3,(H2,21,22,23);1H. The van der Waals surface area contributed by atoms with Crippen LogP contribution >= 0.6 is 24.0 Å². The lowest BCUT2D eigenvalue weighted by Crippen LogP contribution is -2.43. The molecular formula is C20H37IN4. The van der Waals surface area contributed by atoms with Gasteiger partial charge in [0, 0.05) is 19.6 Å². The van der Waals surface area contributed by atoms with Crippen molar-refractivity contribution in [1.82, 2.24) is 15.5 Å². The Labute approximate surface area is 171 Å². The first-order valence-corrected chi connectivity index (χ1v) is 9.34. The molecule has 0 aliphatic carbocycles. The minimum Gasteiger partial charge on any atom is -0.356 e. The smallest absolute Gasteiger partial charge is 0.191 e. The van der Waals surface area contributed by atoms with E-state index in [1.165, 1.54) is 24.1 Å². The van der Waals surface area contributed by atoms with Gasteiger partial charge in [-0.3, -0.25) is 4.99 Å². The Balaban J connectivity index is 0.00000576. The maximum absolute atomic E-state index is 4.34. The van der Waals surface area contributed by atoms with Gasteiger partial charge in [0.1, 0.15) is 0 Å². The summed E-state index contributed by atoms with van der Waals surface area (Å²) in [6.07, 6.45) is 3.39. The number of aryl methyl sites for hydroxylation is 1. The van der Waals surface area contributed by atoms with Gasteiger partial charge in [-0.1, -0.05) is 43.7 Å². The zero-order valence-electron chi connectivity index (χ0n) is 16.6. The molecule has 2 N–H and O–H groups in total. The SMILES string of the molecule is CCN(CC)CCCC(C)NC(=NC)NCCc1cccc(C)c1.I. The van der Waals surface area contributed by atoms with Gasteiger partial charge in [-0.15, -0.1) is 24.0 Å². The van der Waals surface area contributed by atoms with Crippen molar-refractivity contribution in [3.05, 3.63) is 35.4 Å². The molecule has 144 valence electrons. The number of nitrogens with zero attached hydrogens (tertiary/aromatic N) is 2. The van der Waals surface area contributed by atoms with Gasteiger partial charge in [0.25, 0.3) is 0 Å². The van der Waals surface area contributed by atoms with E-state index in [0.717, 1.165) is 38.4 Å². The zero-order valence-corrected chi connectivity index (χ0v) is 19.0. The molecule has 0 aliphatic rings. The third-order valence-corrected chi connectivity index (χ3v) is 4.40. The van der Waals surface area contributed by atoms with Gasteiger partial charge in [-0.05, 0) is 58.3 Å². The Kier molecular flexibility index (Phi) is 13.9. The number of rotatable bonds is 10. The molecule has 4 nitrogen and oxygen atoms in total. The summed E-state index contributed by atoms with van der Waals surface area (Å²) in [6.45, 7) is 13.2. The van der Waals surface area contributed by atoms with Crippen LogP contribution in [0.25, 0.3) is 0 Å². The number of aliphatic imine (C=N–C) groups is 1. The molecule has 0 aliphatic heterocycles. The van der Waals surface area contributed by atoms with Gasteiger partial charge in [0.2, 0.25) is 0 Å². The second kappa shape index (κ2) is 14.4. The number of guanidine groups is 1. The van der Waals surface area contributed by atoms with Crippen molar-refractivity contribution in [2.75, 3.05) is 33.2 Å². The maximum Gasteiger partial charge on any atom is 0.191 e. The largest absolute Gasteiger partial charge is 0.356 e. The fraction of sp³-hybridized carbons (Fsp3) is 0.650. The Bertz CT molecular complexity index is 486. The van der Waals surface area contributed by atoms with Gasteiger partial charge in [-0.25, -0.2) is 0 Å². The molecule has 0 saturated carbocycles. The average Bonchev–Trinajstić information content (AvgIpc) is 2.58. The van der Waals surface area contributed by atoms with Crippen molar-refractivity contribution in [3.8, 4) is 0 Å². The molecule has 5 heteroatoms. The van der Waals surface area contributed by atoms with Crippen molar-refractivity contribution >= 4 is 29.9 Å². The van der Waals surface area contributed by atoms with Gasteiger partial charge < -0.3 is 15.5 Å². The van der Waals surface area contributed by atoms with Crippen LogP contribution in [-0.4, -0.2) is 50.1 Å². The number of hydrogen-bond donors (Lipinski definition) is 2. The Morgan fingerprint density at radius 1 is 1.24 bits per heavy atom. The molecule has 1 aromatic rings. The Morgan fingerprint density at radius 3 is 2.56 bits per heavy atom. The van der Waals surface area contributed by atoms with Gasteiger partial charge in [0.05, 0.1) is 0 Å². The highest BCUT2D eigenvalue weighted by Gasteiger charge is 2.06. The highest BCUT2D eigenvalue weighted by Crippen LogP contribution is 2.04. The number of benzene rings is 1. The van der Waals surface area contributed by atoms with Gasteiger partial charge in [0.15, 0.2) is 5.96 Å². The van der Waals surface area contributed by atoms with Crippen molar-refractivity contribution in [3.63, 3.8) is 0 Å². The predicted octanol–water partition coefficient (Wildman–Crippen LogP) is 3.83. The number of nitrogens with one attached hydrogen (secondary N) is 2. The molecule has 0 radical (unpaired) electrons. The minimum absolute atomic E-state index is 0. The first kappa shape index (κ1) is 24.2. The first-order valence-electron chi connectivity index (χ1n) is 9.34. The molecule has 1 unspecified atom stereocenters. The highest BCUT2D eigenvalue weighted by atomic mass is 127. The second-order valence-electron chi connectivity index (χ2n) is 6.45. The summed E-state index contributed by atoms with van der Waals surface area (Å²) in [5.41, 5.74) is 2.68. The molecule has 0 bridgehead atoms. The van der Waals surface area contributed by atoms with Crippen molar-refractivity contribution < 1.29 is 0 Å². The topological polar surface area (TPSA) is 39.7 Å². The monoisotopic (exact) mass is 460 g/mol. The Hall–Kier alpha value is -0.820. The van der Waals surface area contributed by atoms with E-state index < -0.39 is 0 Å². The Morgan fingerprint density at radius 2 is 1.96 bits per heavy atom. The lowest BCUT2D eigenvalue weighted by atomic mass is 10.1. The van der Waals surface area contributed by atoms with Crippen molar-refractivity contribution in [2.45, 2.75) is 53.0 Å². The van der Waals surface area contributed by atoms with Crippen LogP contribution in [0.2, 0.25) is 0 Å². The molecule has 0 fully saturated rings. The van der Waals surface area contributed by atoms with E-state index in [4.69, 9.17) is 0 Å². The summed E-state index contributed by atoms with van der Waals surface area (Å²) in [5.74, 6) is 0.901. The van der Waals surface area contributed by atoms with Crippen LogP contribution in [0.5, 0.6) is 0 Å². The molecule has 0 spiro atoms. The fourth-order valence-corrected chi connectivity index (χ4v) is 2.85. The average molecular weight is 460 g/mol. The van der Waals surface area contributed by atoms with Crippen LogP contribution < -0.4 is 10.6 Å². The fourth-order valence-electron chi connectivity index (χ4n) is 2.85. The van der Waals surface area contributed by atoms with E-state index in [1.54, 1.807) is 0 Å². The van der Waals surface area contributed by atoms with E-state index >= 15 is 0 Å². The number of hydrogen-bond acceptors (Lipinski definition) is 2. The van der Waals surface area contributed by atoms with E-state index in [-0.39, 0.29) is 24.0 Å². The summed E-state index contributed by atoms with van der Waals surface area (Å²) < 4.78 is 0. The van der Waals surface area contributed by atoms with Crippen LogP contribution in [0.4, 0.5) is 0 Å². The predicted molar refractivity (Wildman–Crippen MR) is 121 cm³/mol. The molecule has 25 heavy (non-hydrogen) atoms. The molecule has 1 atom stereocenters. The summed E-state index contributed by atoms with van der Waals surface area (Å²) in [4.78, 5) is 6.81. The molecule has 1 rings (SSSR count). The molecule has 0 amide bonds. The van der Waals surface area contributed by atoms with E-state index in [1.807, 2.05) is 7.05 Å². The van der Waals surface area contributed by atoms with Gasteiger partial charge in [-0.2, -0.15) is 0 Å². The zero-order chi connectivity index (χ0) is 17.8. The van der Waals surface area contributed by atoms with Crippen LogP contribution in [0, 0.1) is 6.92 Å². The lowest BCUT2D eigenvalue weighted by molar-refractivity contribution is 0.292. The second-order valence-corrected chi connectivity index (χ2v) is 6.45. The van der Waals surface area contributed by atoms with E-state index in [9.17, 15) is 0 Å². The molecule has 0 heterocycles. The van der Waals surface area contributed by atoms with E-state index in [0.29, 0.717) is 6.04 Å². The van der Waals surface area contributed by atoms with Crippen LogP contribution in [-0.2, 0) is 6.42 Å². The normalized spacial score (nSPS) is 12.6. The minimum atomic E-state index is 0. The van der Waals surface area contributed by atoms with Crippen LogP contribution in [0.3, 0.4) is 0 Å². The molecule has 0 aromatic heterocycles. The summed E-state index contributed by atoms with van der Waals surface area (Å²) in [6, 6.07) is 9.12. The van der Waals surface area contributed by atoms with Gasteiger partial charge >= 0.3 is 0 Å². The summed E-state index contributed by atoms with van der Waals surface area (Å²) in [5, 5.41) is 6.91. The summed E-state index contributed by atoms with van der Waals surface area (Å²) >= 11 is 0. The van der Waals surface area contributed by atoms with Crippen molar-refractivity contribution in [2.24, 2.45) is 4.99 Å². The van der Waals surface area contributed by atoms with Crippen LogP contribution in [0.15, 0.2) is 29.3 Å². The third kappa shape index (κ3) is 10.7. The van der Waals surface area contributed by atoms with Crippen LogP contribution in [0.1, 0.15) is 44.7 Å². The first-order chi connectivity index (χ1) is 11.6. The highest BCUT2D eigenvalue weighted by molar-refractivity contribution is 14.0. The lowest BCUT2D eigenvalue weighted by Gasteiger charge is -2.21. The summed E-state index contributed by atoms with van der Waals surface area (Å²) in [7, 11) is 1.84. The molecule has 1 aromatic carbocycles. The van der Waals surface area contributed by atoms with Crippen molar-refractivity contribution in [1.29, 1.82) is 0 Å². The maximum atomic E-state index is 4.34. The quantitative estimate of drug-likeness (QED) is 0.317. The van der Waals surface area contributed by atoms with E-state index in [2.05, 4.69) is 72.5 Å². The molecule has 0 saturated heterocycles. The molecular weight excluding hydrogens is 423 g/mol.